The van der Waals surface area contributed by atoms with E-state index >= 15 is 0 Å². The Morgan fingerprint density at radius 3 is 2.65 bits per heavy atom. The molecule has 142 valence electrons. The molecule has 0 radical (unpaired) electrons. The lowest BCUT2D eigenvalue weighted by Gasteiger charge is -2.19. The van der Waals surface area contributed by atoms with Gasteiger partial charge in [-0.3, -0.25) is 9.58 Å². The summed E-state index contributed by atoms with van der Waals surface area (Å²) in [6, 6.07) is 8.10. The highest BCUT2D eigenvalue weighted by Gasteiger charge is 2.30. The minimum Gasteiger partial charge on any atom is -0.497 e. The molecule has 1 aromatic heterocycles. The van der Waals surface area contributed by atoms with Gasteiger partial charge in [-0.15, -0.1) is 0 Å². The van der Waals surface area contributed by atoms with E-state index in [4.69, 9.17) is 9.84 Å². The summed E-state index contributed by atoms with van der Waals surface area (Å²) in [6.07, 6.45) is 2.17. The highest BCUT2D eigenvalue weighted by atomic mass is 16.5. The monoisotopic (exact) mass is 357 g/mol. The van der Waals surface area contributed by atoms with E-state index in [9.17, 15) is 5.11 Å². The molecule has 0 unspecified atom stereocenters. The van der Waals surface area contributed by atoms with Gasteiger partial charge in [-0.1, -0.05) is 19.1 Å². The Morgan fingerprint density at radius 2 is 2.04 bits per heavy atom. The third-order valence-electron chi connectivity index (χ3n) is 5.29. The molecule has 1 fully saturated rings. The van der Waals surface area contributed by atoms with Crippen LogP contribution in [0.1, 0.15) is 33.3 Å². The first-order valence-corrected chi connectivity index (χ1v) is 9.38. The second-order valence-electron chi connectivity index (χ2n) is 8.46. The maximum atomic E-state index is 9.56. The zero-order valence-electron chi connectivity index (χ0n) is 16.6. The van der Waals surface area contributed by atoms with Crippen molar-refractivity contribution in [3.8, 4) is 17.0 Å². The van der Waals surface area contributed by atoms with Crippen molar-refractivity contribution >= 4 is 0 Å². The number of ether oxygens (including phenoxy) is 1. The highest BCUT2D eigenvalue weighted by Crippen LogP contribution is 2.31. The topological polar surface area (TPSA) is 50.5 Å². The van der Waals surface area contributed by atoms with Gasteiger partial charge in [0.25, 0.3) is 0 Å². The van der Waals surface area contributed by atoms with Crippen LogP contribution in [0.3, 0.4) is 0 Å². The average Bonchev–Trinajstić information content (AvgIpc) is 3.18. The van der Waals surface area contributed by atoms with Crippen LogP contribution in [0.25, 0.3) is 11.3 Å². The predicted molar refractivity (Wildman–Crippen MR) is 104 cm³/mol. The number of rotatable bonds is 5. The molecule has 5 heteroatoms. The molecule has 0 aliphatic carbocycles. The summed E-state index contributed by atoms with van der Waals surface area (Å²) in [5.74, 6) is 1.74. The average molecular weight is 357 g/mol. The summed E-state index contributed by atoms with van der Waals surface area (Å²) in [7, 11) is 1.69. The third kappa shape index (κ3) is 3.94. The van der Waals surface area contributed by atoms with Crippen LogP contribution in [-0.4, -0.2) is 46.6 Å². The fourth-order valence-corrected chi connectivity index (χ4v) is 3.63. The number of aliphatic hydroxyl groups is 1. The molecule has 5 nitrogen and oxygen atoms in total. The normalized spacial score (nSPS) is 21.3. The first-order chi connectivity index (χ1) is 12.3. The maximum Gasteiger partial charge on any atom is 0.119 e. The van der Waals surface area contributed by atoms with Crippen molar-refractivity contribution in [2.24, 2.45) is 11.8 Å². The number of aliphatic hydroxyl groups excluding tert-OH is 1. The number of methoxy groups -OCH3 is 1. The van der Waals surface area contributed by atoms with Gasteiger partial charge < -0.3 is 9.84 Å². The second-order valence-corrected chi connectivity index (χ2v) is 8.46. The summed E-state index contributed by atoms with van der Waals surface area (Å²) >= 11 is 0. The number of aromatic nitrogens is 2. The number of likely N-dealkylation sites (tertiary alicyclic amines) is 1. The second kappa shape index (κ2) is 7.41. The van der Waals surface area contributed by atoms with Crippen molar-refractivity contribution in [2.75, 3.05) is 26.8 Å². The van der Waals surface area contributed by atoms with Crippen LogP contribution in [0.2, 0.25) is 0 Å². The van der Waals surface area contributed by atoms with Gasteiger partial charge in [-0.25, -0.2) is 0 Å². The summed E-state index contributed by atoms with van der Waals surface area (Å²) in [5, 5.41) is 14.5. The van der Waals surface area contributed by atoms with Crippen molar-refractivity contribution in [3.63, 3.8) is 0 Å². The fraction of sp³-hybridized carbons (Fsp3) is 0.571. The third-order valence-corrected chi connectivity index (χ3v) is 5.29. The number of hydrogen-bond acceptors (Lipinski definition) is 4. The van der Waals surface area contributed by atoms with Crippen LogP contribution in [0, 0.1) is 11.8 Å². The van der Waals surface area contributed by atoms with Crippen LogP contribution in [0.4, 0.5) is 0 Å². The van der Waals surface area contributed by atoms with Crippen molar-refractivity contribution < 1.29 is 9.84 Å². The van der Waals surface area contributed by atoms with E-state index in [1.54, 1.807) is 7.11 Å². The zero-order valence-corrected chi connectivity index (χ0v) is 16.6. The largest absolute Gasteiger partial charge is 0.497 e. The molecule has 1 aliphatic rings. The van der Waals surface area contributed by atoms with Gasteiger partial charge in [-0.05, 0) is 44.7 Å². The van der Waals surface area contributed by atoms with Crippen LogP contribution in [-0.2, 0) is 12.1 Å². The molecule has 1 aliphatic heterocycles. The van der Waals surface area contributed by atoms with Crippen LogP contribution >= 0.6 is 0 Å². The fourth-order valence-electron chi connectivity index (χ4n) is 3.63. The maximum absolute atomic E-state index is 9.56. The van der Waals surface area contributed by atoms with E-state index in [-0.39, 0.29) is 12.1 Å². The Bertz CT molecular complexity index is 748. The lowest BCUT2D eigenvalue weighted by molar-refractivity contribution is 0.204. The summed E-state index contributed by atoms with van der Waals surface area (Å²) < 4.78 is 7.45. The summed E-state index contributed by atoms with van der Waals surface area (Å²) in [6.45, 7) is 11.8. The minimum atomic E-state index is -0.0716. The Balaban J connectivity index is 1.94. The molecular formula is C21H31N3O2. The van der Waals surface area contributed by atoms with Gasteiger partial charge >= 0.3 is 0 Å². The number of benzene rings is 1. The first kappa shape index (κ1) is 18.9. The quantitative estimate of drug-likeness (QED) is 0.891. The molecular weight excluding hydrogens is 326 g/mol. The number of nitrogens with zero attached hydrogens (tertiary/aromatic N) is 3. The molecule has 26 heavy (non-hydrogen) atoms. The van der Waals surface area contributed by atoms with Gasteiger partial charge in [0, 0.05) is 43.6 Å². The van der Waals surface area contributed by atoms with Crippen LogP contribution < -0.4 is 4.74 Å². The van der Waals surface area contributed by atoms with Crippen molar-refractivity contribution in [1.29, 1.82) is 0 Å². The van der Waals surface area contributed by atoms with E-state index in [2.05, 4.69) is 49.5 Å². The predicted octanol–water partition coefficient (Wildman–Crippen LogP) is 3.37. The van der Waals surface area contributed by atoms with Crippen LogP contribution in [0.5, 0.6) is 5.75 Å². The molecule has 2 atom stereocenters. The molecule has 1 saturated heterocycles. The molecule has 0 spiro atoms. The Kier molecular flexibility index (Phi) is 5.39. The molecule has 0 saturated carbocycles. The molecule has 0 amide bonds. The Hall–Kier alpha value is -1.85. The van der Waals surface area contributed by atoms with E-state index in [0.717, 1.165) is 36.6 Å². The van der Waals surface area contributed by atoms with Gasteiger partial charge in [0.15, 0.2) is 0 Å². The standard InChI is InChI=1S/C21H31N3O2/c1-15-10-23(12-18(15)14-25)11-17-13-24(21(2,3)4)22-20(17)16-7-6-8-19(9-16)26-5/h6-9,13,15,18,25H,10-12,14H2,1-5H3/t15-,18+/m1/s1. The van der Waals surface area contributed by atoms with E-state index in [0.29, 0.717) is 11.8 Å². The number of hydrogen-bond donors (Lipinski definition) is 1. The lowest BCUT2D eigenvalue weighted by Crippen LogP contribution is -2.22. The van der Waals surface area contributed by atoms with E-state index < -0.39 is 0 Å². The van der Waals surface area contributed by atoms with Gasteiger partial charge in [-0.2, -0.15) is 5.10 Å². The molecule has 1 aromatic carbocycles. The first-order valence-electron chi connectivity index (χ1n) is 9.38. The van der Waals surface area contributed by atoms with Crippen molar-refractivity contribution in [1.82, 2.24) is 14.7 Å². The van der Waals surface area contributed by atoms with E-state index in [1.165, 1.54) is 5.56 Å². The molecule has 2 aromatic rings. The molecule has 0 bridgehead atoms. The van der Waals surface area contributed by atoms with Gasteiger partial charge in [0.05, 0.1) is 18.3 Å². The smallest absolute Gasteiger partial charge is 0.119 e. The Morgan fingerprint density at radius 1 is 1.27 bits per heavy atom. The highest BCUT2D eigenvalue weighted by molar-refractivity contribution is 5.64. The molecule has 3 rings (SSSR count). The summed E-state index contributed by atoms with van der Waals surface area (Å²) in [4.78, 5) is 2.43. The lowest BCUT2D eigenvalue weighted by atomic mass is 10.00. The molecule has 1 N–H and O–H groups in total. The molecule has 2 heterocycles. The van der Waals surface area contributed by atoms with Crippen LogP contribution in [0.15, 0.2) is 30.5 Å². The minimum absolute atomic E-state index is 0.0716. The van der Waals surface area contributed by atoms with Crippen molar-refractivity contribution in [2.45, 2.75) is 39.8 Å². The van der Waals surface area contributed by atoms with Gasteiger partial charge in [0.2, 0.25) is 0 Å². The van der Waals surface area contributed by atoms with Gasteiger partial charge in [0.1, 0.15) is 5.75 Å². The van der Waals surface area contributed by atoms with E-state index in [1.807, 2.05) is 18.2 Å². The SMILES string of the molecule is COc1cccc(-c2nn(C(C)(C)C)cc2CN2C[C@@H](CO)[C@H](C)C2)c1. The van der Waals surface area contributed by atoms with Crippen molar-refractivity contribution in [3.05, 3.63) is 36.0 Å². The Labute approximate surface area is 156 Å². The zero-order chi connectivity index (χ0) is 18.9. The summed E-state index contributed by atoms with van der Waals surface area (Å²) in [5.41, 5.74) is 3.24.